The molecular formula is C24H33N3O3S2. The van der Waals surface area contributed by atoms with Crippen LogP contribution in [0.25, 0.3) is 0 Å². The van der Waals surface area contributed by atoms with Gasteiger partial charge in [-0.3, -0.25) is 9.69 Å². The van der Waals surface area contributed by atoms with Gasteiger partial charge in [-0.15, -0.1) is 0 Å². The Labute approximate surface area is 196 Å². The third kappa shape index (κ3) is 6.81. The first kappa shape index (κ1) is 24.8. The van der Waals surface area contributed by atoms with Gasteiger partial charge in [0, 0.05) is 32.7 Å². The Morgan fingerprint density at radius 3 is 2.47 bits per heavy atom. The predicted molar refractivity (Wildman–Crippen MR) is 131 cm³/mol. The minimum atomic E-state index is -3.76. The molecule has 1 amide bonds. The van der Waals surface area contributed by atoms with Crippen molar-refractivity contribution in [1.29, 1.82) is 0 Å². The standard InChI is InChI=1S/C24H33N3O3S2/c1-20-9-6-7-10-21(20)19-26-14-8-15-27(17-16-26)24(28)23(13-18-31-2)25-32(29,30)22-11-4-3-5-12-22/h3-7,9-12,23,25H,8,13-19H2,1-2H3. The summed E-state index contributed by atoms with van der Waals surface area (Å²) in [5, 5.41) is 0. The monoisotopic (exact) mass is 475 g/mol. The molecule has 0 aliphatic carbocycles. The van der Waals surface area contributed by atoms with Crippen molar-refractivity contribution >= 4 is 27.7 Å². The van der Waals surface area contributed by atoms with Crippen LogP contribution < -0.4 is 4.72 Å². The summed E-state index contributed by atoms with van der Waals surface area (Å²) in [6.07, 6.45) is 3.30. The Balaban J connectivity index is 1.66. The Bertz CT molecular complexity index is 983. The normalized spacial score (nSPS) is 16.5. The molecule has 1 aliphatic heterocycles. The van der Waals surface area contributed by atoms with E-state index < -0.39 is 16.1 Å². The first-order valence-electron chi connectivity index (χ1n) is 11.0. The molecule has 0 saturated carbocycles. The summed E-state index contributed by atoms with van der Waals surface area (Å²) >= 11 is 1.61. The molecule has 2 aromatic rings. The van der Waals surface area contributed by atoms with Crippen molar-refractivity contribution in [1.82, 2.24) is 14.5 Å². The van der Waals surface area contributed by atoms with Crippen molar-refractivity contribution in [2.24, 2.45) is 0 Å². The molecule has 1 saturated heterocycles. The van der Waals surface area contributed by atoms with E-state index >= 15 is 0 Å². The zero-order chi connectivity index (χ0) is 23.0. The van der Waals surface area contributed by atoms with Crippen LogP contribution in [0.15, 0.2) is 59.5 Å². The third-order valence-corrected chi connectivity index (χ3v) is 7.95. The SMILES string of the molecule is CSCCC(NS(=O)(=O)c1ccccc1)C(=O)N1CCCN(Cc2ccccc2C)CC1. The van der Waals surface area contributed by atoms with E-state index in [0.29, 0.717) is 25.3 Å². The molecule has 6 nitrogen and oxygen atoms in total. The number of hydrogen-bond acceptors (Lipinski definition) is 5. The van der Waals surface area contributed by atoms with E-state index in [0.717, 1.165) is 26.1 Å². The number of hydrogen-bond donors (Lipinski definition) is 1. The van der Waals surface area contributed by atoms with Crippen LogP contribution in [0.1, 0.15) is 24.0 Å². The summed E-state index contributed by atoms with van der Waals surface area (Å²) in [6.45, 7) is 5.94. The number of benzene rings is 2. The maximum Gasteiger partial charge on any atom is 0.241 e. The minimum Gasteiger partial charge on any atom is -0.340 e. The van der Waals surface area contributed by atoms with Gasteiger partial charge in [0.05, 0.1) is 4.90 Å². The summed E-state index contributed by atoms with van der Waals surface area (Å²) in [7, 11) is -3.76. The smallest absolute Gasteiger partial charge is 0.241 e. The molecule has 0 aromatic heterocycles. The van der Waals surface area contributed by atoms with Gasteiger partial charge in [0.25, 0.3) is 0 Å². The summed E-state index contributed by atoms with van der Waals surface area (Å²) in [5.74, 6) is 0.581. The van der Waals surface area contributed by atoms with Crippen molar-refractivity contribution in [3.05, 3.63) is 65.7 Å². The lowest BCUT2D eigenvalue weighted by Crippen LogP contribution is -2.49. The van der Waals surface area contributed by atoms with E-state index in [1.54, 1.807) is 42.1 Å². The van der Waals surface area contributed by atoms with Crippen molar-refractivity contribution in [3.8, 4) is 0 Å². The zero-order valence-corrected chi connectivity index (χ0v) is 20.5. The lowest BCUT2D eigenvalue weighted by Gasteiger charge is -2.27. The van der Waals surface area contributed by atoms with Gasteiger partial charge >= 0.3 is 0 Å². The molecule has 1 atom stereocenters. The number of nitrogens with one attached hydrogen (secondary N) is 1. The molecule has 8 heteroatoms. The van der Waals surface area contributed by atoms with E-state index in [4.69, 9.17) is 0 Å². The van der Waals surface area contributed by atoms with Crippen LogP contribution in [0.4, 0.5) is 0 Å². The van der Waals surface area contributed by atoms with Gasteiger partial charge in [-0.25, -0.2) is 8.42 Å². The van der Waals surface area contributed by atoms with Crippen LogP contribution in [0, 0.1) is 6.92 Å². The van der Waals surface area contributed by atoms with Gasteiger partial charge in [0.2, 0.25) is 15.9 Å². The summed E-state index contributed by atoms with van der Waals surface area (Å²) in [5.41, 5.74) is 2.58. The van der Waals surface area contributed by atoms with Crippen LogP contribution in [-0.2, 0) is 21.4 Å². The number of thioether (sulfide) groups is 1. The summed E-state index contributed by atoms with van der Waals surface area (Å²) in [6, 6.07) is 15.9. The quantitative estimate of drug-likeness (QED) is 0.603. The van der Waals surface area contributed by atoms with Gasteiger partial charge < -0.3 is 4.90 Å². The number of rotatable bonds is 9. The number of nitrogens with zero attached hydrogens (tertiary/aromatic N) is 2. The fraction of sp³-hybridized carbons (Fsp3) is 0.458. The highest BCUT2D eigenvalue weighted by Gasteiger charge is 2.30. The fourth-order valence-electron chi connectivity index (χ4n) is 3.92. The molecular weight excluding hydrogens is 442 g/mol. The number of sulfonamides is 1. The van der Waals surface area contributed by atoms with Crippen molar-refractivity contribution in [2.45, 2.75) is 37.2 Å². The third-order valence-electron chi connectivity index (χ3n) is 5.82. The van der Waals surface area contributed by atoms with E-state index in [2.05, 4.69) is 34.7 Å². The fourth-order valence-corrected chi connectivity index (χ4v) is 5.64. The van der Waals surface area contributed by atoms with Crippen LogP contribution in [-0.4, -0.2) is 68.4 Å². The largest absolute Gasteiger partial charge is 0.340 e. The highest BCUT2D eigenvalue weighted by molar-refractivity contribution is 7.98. The van der Waals surface area contributed by atoms with Crippen LogP contribution in [0.3, 0.4) is 0 Å². The Kier molecular flexibility index (Phi) is 9.16. The first-order valence-corrected chi connectivity index (χ1v) is 13.9. The molecule has 1 fully saturated rings. The van der Waals surface area contributed by atoms with Crippen LogP contribution in [0.2, 0.25) is 0 Å². The number of carbonyl (C=O) groups excluding carboxylic acids is 1. The Hall–Kier alpha value is -1.87. The predicted octanol–water partition coefficient (Wildman–Crippen LogP) is 3.13. The van der Waals surface area contributed by atoms with Gasteiger partial charge in [-0.2, -0.15) is 16.5 Å². The number of aryl methyl sites for hydroxylation is 1. The second-order valence-electron chi connectivity index (χ2n) is 8.15. The highest BCUT2D eigenvalue weighted by atomic mass is 32.2. The van der Waals surface area contributed by atoms with E-state index in [1.807, 2.05) is 17.2 Å². The molecule has 3 rings (SSSR count). The van der Waals surface area contributed by atoms with E-state index in [-0.39, 0.29) is 10.8 Å². The zero-order valence-electron chi connectivity index (χ0n) is 18.9. The molecule has 2 aromatic carbocycles. The van der Waals surface area contributed by atoms with E-state index in [1.165, 1.54) is 11.1 Å². The molecule has 0 bridgehead atoms. The Morgan fingerprint density at radius 2 is 1.75 bits per heavy atom. The lowest BCUT2D eigenvalue weighted by molar-refractivity contribution is -0.132. The van der Waals surface area contributed by atoms with E-state index in [9.17, 15) is 13.2 Å². The van der Waals surface area contributed by atoms with Gasteiger partial charge in [0.1, 0.15) is 6.04 Å². The molecule has 0 radical (unpaired) electrons. The van der Waals surface area contributed by atoms with Crippen molar-refractivity contribution < 1.29 is 13.2 Å². The van der Waals surface area contributed by atoms with Crippen LogP contribution >= 0.6 is 11.8 Å². The lowest BCUT2D eigenvalue weighted by atomic mass is 10.1. The van der Waals surface area contributed by atoms with Gasteiger partial charge in [-0.05, 0) is 55.0 Å². The molecule has 1 N–H and O–H groups in total. The Morgan fingerprint density at radius 1 is 1.03 bits per heavy atom. The molecule has 0 spiro atoms. The van der Waals surface area contributed by atoms with Crippen LogP contribution in [0.5, 0.6) is 0 Å². The van der Waals surface area contributed by atoms with Crippen molar-refractivity contribution in [2.75, 3.05) is 38.2 Å². The maximum atomic E-state index is 13.4. The molecule has 1 aliphatic rings. The molecule has 1 heterocycles. The summed E-state index contributed by atoms with van der Waals surface area (Å²) in [4.78, 5) is 17.7. The molecule has 32 heavy (non-hydrogen) atoms. The number of amides is 1. The first-order chi connectivity index (χ1) is 15.4. The van der Waals surface area contributed by atoms with Crippen molar-refractivity contribution in [3.63, 3.8) is 0 Å². The average molecular weight is 476 g/mol. The second kappa shape index (κ2) is 11.8. The summed E-state index contributed by atoms with van der Waals surface area (Å²) < 4.78 is 28.4. The molecule has 1 unspecified atom stereocenters. The number of carbonyl (C=O) groups is 1. The minimum absolute atomic E-state index is 0.128. The van der Waals surface area contributed by atoms with Gasteiger partial charge in [-0.1, -0.05) is 42.5 Å². The topological polar surface area (TPSA) is 69.7 Å². The average Bonchev–Trinajstić information content (AvgIpc) is 3.04. The maximum absolute atomic E-state index is 13.4. The molecule has 174 valence electrons. The highest BCUT2D eigenvalue weighted by Crippen LogP contribution is 2.16. The van der Waals surface area contributed by atoms with Gasteiger partial charge in [0.15, 0.2) is 0 Å². The second-order valence-corrected chi connectivity index (χ2v) is 10.8.